The number of benzene rings is 2. The summed E-state index contributed by atoms with van der Waals surface area (Å²) in [7, 11) is 0. The van der Waals surface area contributed by atoms with Crippen LogP contribution in [0.5, 0.6) is 23.0 Å². The van der Waals surface area contributed by atoms with Crippen molar-refractivity contribution in [2.24, 2.45) is 0 Å². The molecule has 0 atom stereocenters. The van der Waals surface area contributed by atoms with E-state index in [1.54, 1.807) is 12.1 Å². The zero-order valence-corrected chi connectivity index (χ0v) is 12.1. The fourth-order valence-corrected chi connectivity index (χ4v) is 1.60. The van der Waals surface area contributed by atoms with Crippen molar-refractivity contribution in [3.8, 4) is 23.0 Å². The van der Waals surface area contributed by atoms with Crippen LogP contribution in [0.2, 0.25) is 0 Å². The van der Waals surface area contributed by atoms with Crippen molar-refractivity contribution in [3.05, 3.63) is 47.5 Å². The largest absolute Gasteiger partial charge is 0.508 e. The molecule has 21 heavy (non-hydrogen) atoms. The van der Waals surface area contributed by atoms with E-state index in [-0.39, 0.29) is 23.9 Å². The number of phenols is 3. The standard InChI is InChI=1S/C9H12O3.C7H8O2/c1-2-12-9-5-8(11)4-3-7(9)6-10;1-5-2-3-6(8)7(9)4-5/h3-5,10-11H,2,6H2,1H3;2-4,8-9H,1H3. The summed E-state index contributed by atoms with van der Waals surface area (Å²) in [6.07, 6.45) is 0. The monoisotopic (exact) mass is 292 g/mol. The lowest BCUT2D eigenvalue weighted by Gasteiger charge is -2.07. The van der Waals surface area contributed by atoms with E-state index in [0.29, 0.717) is 17.9 Å². The molecule has 114 valence electrons. The quantitative estimate of drug-likeness (QED) is 0.653. The molecule has 0 saturated carbocycles. The number of phenolic OH excluding ortho intramolecular Hbond substituents is 3. The van der Waals surface area contributed by atoms with Crippen LogP contribution < -0.4 is 4.74 Å². The Kier molecular flexibility index (Phi) is 6.36. The third-order valence-electron chi connectivity index (χ3n) is 2.65. The number of hydrogen-bond acceptors (Lipinski definition) is 5. The first kappa shape index (κ1) is 16.7. The van der Waals surface area contributed by atoms with Gasteiger partial charge in [-0.2, -0.15) is 0 Å². The molecular weight excluding hydrogens is 272 g/mol. The van der Waals surface area contributed by atoms with Crippen molar-refractivity contribution in [1.29, 1.82) is 0 Å². The number of ether oxygens (including phenoxy) is 1. The first-order valence-electron chi connectivity index (χ1n) is 6.52. The summed E-state index contributed by atoms with van der Waals surface area (Å²) in [5, 5.41) is 35.6. The second-order valence-corrected chi connectivity index (χ2v) is 4.38. The molecule has 5 heteroatoms. The van der Waals surface area contributed by atoms with Crippen LogP contribution in [-0.2, 0) is 6.61 Å². The number of aliphatic hydroxyl groups is 1. The minimum absolute atomic E-state index is 0.0602. The summed E-state index contributed by atoms with van der Waals surface area (Å²) in [6, 6.07) is 9.36. The van der Waals surface area contributed by atoms with Gasteiger partial charge in [-0.3, -0.25) is 0 Å². The lowest BCUT2D eigenvalue weighted by atomic mass is 10.2. The SMILES string of the molecule is CCOc1cc(O)ccc1CO.Cc1ccc(O)c(O)c1. The summed E-state index contributed by atoms with van der Waals surface area (Å²) in [4.78, 5) is 0. The molecule has 2 rings (SSSR count). The van der Waals surface area contributed by atoms with Gasteiger partial charge in [-0.1, -0.05) is 6.07 Å². The zero-order chi connectivity index (χ0) is 15.8. The second kappa shape index (κ2) is 8.01. The summed E-state index contributed by atoms with van der Waals surface area (Å²) in [5.41, 5.74) is 1.62. The predicted molar refractivity (Wildman–Crippen MR) is 79.7 cm³/mol. The lowest BCUT2D eigenvalue weighted by Crippen LogP contribution is -1.96. The van der Waals surface area contributed by atoms with Gasteiger partial charge in [0.1, 0.15) is 11.5 Å². The van der Waals surface area contributed by atoms with Crippen molar-refractivity contribution in [1.82, 2.24) is 0 Å². The van der Waals surface area contributed by atoms with Gasteiger partial charge in [0.05, 0.1) is 13.2 Å². The van der Waals surface area contributed by atoms with Crippen LogP contribution >= 0.6 is 0 Å². The molecule has 0 unspecified atom stereocenters. The van der Waals surface area contributed by atoms with Gasteiger partial charge in [0.2, 0.25) is 0 Å². The summed E-state index contributed by atoms with van der Waals surface area (Å²) < 4.78 is 5.19. The first-order chi connectivity index (χ1) is 9.97. The van der Waals surface area contributed by atoms with E-state index >= 15 is 0 Å². The number of rotatable bonds is 3. The molecule has 0 amide bonds. The topological polar surface area (TPSA) is 90.2 Å². The fraction of sp³-hybridized carbons (Fsp3) is 0.250. The van der Waals surface area contributed by atoms with E-state index in [1.807, 2.05) is 13.8 Å². The highest BCUT2D eigenvalue weighted by molar-refractivity contribution is 5.40. The maximum absolute atomic E-state index is 9.10. The zero-order valence-electron chi connectivity index (χ0n) is 12.1. The van der Waals surface area contributed by atoms with Gasteiger partial charge in [-0.25, -0.2) is 0 Å². The third kappa shape index (κ3) is 5.24. The Balaban J connectivity index is 0.000000219. The number of hydrogen-bond donors (Lipinski definition) is 4. The van der Waals surface area contributed by atoms with Crippen molar-refractivity contribution < 1.29 is 25.2 Å². The predicted octanol–water partition coefficient (Wildman–Crippen LogP) is 2.69. The van der Waals surface area contributed by atoms with Gasteiger partial charge >= 0.3 is 0 Å². The van der Waals surface area contributed by atoms with E-state index in [4.69, 9.17) is 25.2 Å². The second-order valence-electron chi connectivity index (χ2n) is 4.38. The van der Waals surface area contributed by atoms with Crippen LogP contribution in [0.3, 0.4) is 0 Å². The Morgan fingerprint density at radius 2 is 1.67 bits per heavy atom. The van der Waals surface area contributed by atoms with Crippen molar-refractivity contribution in [2.45, 2.75) is 20.5 Å². The van der Waals surface area contributed by atoms with Crippen molar-refractivity contribution in [3.63, 3.8) is 0 Å². The Morgan fingerprint density at radius 1 is 0.952 bits per heavy atom. The Morgan fingerprint density at radius 3 is 2.19 bits per heavy atom. The molecule has 0 saturated heterocycles. The minimum Gasteiger partial charge on any atom is -0.508 e. The normalized spacial score (nSPS) is 9.67. The smallest absolute Gasteiger partial charge is 0.157 e. The van der Waals surface area contributed by atoms with Gasteiger partial charge in [-0.05, 0) is 43.7 Å². The molecule has 0 heterocycles. The van der Waals surface area contributed by atoms with Crippen molar-refractivity contribution in [2.75, 3.05) is 6.61 Å². The van der Waals surface area contributed by atoms with Gasteiger partial charge in [0.25, 0.3) is 0 Å². The Bertz CT molecular complexity index is 581. The maximum atomic E-state index is 9.10. The van der Waals surface area contributed by atoms with Gasteiger partial charge < -0.3 is 25.2 Å². The summed E-state index contributed by atoms with van der Waals surface area (Å²) in [6.45, 7) is 4.15. The van der Waals surface area contributed by atoms with Crippen LogP contribution in [0.15, 0.2) is 36.4 Å². The molecule has 2 aromatic rings. The van der Waals surface area contributed by atoms with Gasteiger partial charge in [0.15, 0.2) is 11.5 Å². The molecule has 0 aliphatic rings. The molecule has 0 aliphatic heterocycles. The summed E-state index contributed by atoms with van der Waals surface area (Å²) >= 11 is 0. The molecular formula is C16H20O5. The summed E-state index contributed by atoms with van der Waals surface area (Å²) in [5.74, 6) is 0.561. The molecule has 0 aromatic heterocycles. The molecule has 0 radical (unpaired) electrons. The molecule has 4 N–H and O–H groups in total. The molecule has 0 aliphatic carbocycles. The van der Waals surface area contributed by atoms with Crippen LogP contribution in [-0.4, -0.2) is 27.0 Å². The Hall–Kier alpha value is -2.40. The first-order valence-corrected chi connectivity index (χ1v) is 6.52. The van der Waals surface area contributed by atoms with Crippen molar-refractivity contribution >= 4 is 0 Å². The van der Waals surface area contributed by atoms with E-state index in [9.17, 15) is 0 Å². The molecule has 5 nitrogen and oxygen atoms in total. The average Bonchev–Trinajstić information content (AvgIpc) is 2.45. The minimum atomic E-state index is -0.0738. The van der Waals surface area contributed by atoms with E-state index < -0.39 is 0 Å². The molecule has 0 spiro atoms. The highest BCUT2D eigenvalue weighted by Gasteiger charge is 2.02. The lowest BCUT2D eigenvalue weighted by molar-refractivity contribution is 0.266. The third-order valence-corrected chi connectivity index (χ3v) is 2.65. The van der Waals surface area contributed by atoms with E-state index in [2.05, 4.69) is 0 Å². The van der Waals surface area contributed by atoms with Crippen LogP contribution in [0.1, 0.15) is 18.1 Å². The molecule has 0 fully saturated rings. The number of aliphatic hydroxyl groups excluding tert-OH is 1. The molecule has 0 bridgehead atoms. The van der Waals surface area contributed by atoms with Crippen LogP contribution in [0, 0.1) is 6.92 Å². The highest BCUT2D eigenvalue weighted by atomic mass is 16.5. The highest BCUT2D eigenvalue weighted by Crippen LogP contribution is 2.24. The Labute approximate surface area is 123 Å². The number of aryl methyl sites for hydroxylation is 1. The molecule has 2 aromatic carbocycles. The van der Waals surface area contributed by atoms with Crippen LogP contribution in [0.4, 0.5) is 0 Å². The van der Waals surface area contributed by atoms with E-state index in [0.717, 1.165) is 5.56 Å². The average molecular weight is 292 g/mol. The van der Waals surface area contributed by atoms with E-state index in [1.165, 1.54) is 24.3 Å². The fourth-order valence-electron chi connectivity index (χ4n) is 1.60. The van der Waals surface area contributed by atoms with Gasteiger partial charge in [0, 0.05) is 11.6 Å². The van der Waals surface area contributed by atoms with Crippen LogP contribution in [0.25, 0.3) is 0 Å². The number of aromatic hydroxyl groups is 3. The van der Waals surface area contributed by atoms with Gasteiger partial charge in [-0.15, -0.1) is 0 Å². The maximum Gasteiger partial charge on any atom is 0.157 e.